The van der Waals surface area contributed by atoms with Crippen molar-refractivity contribution >= 4 is 30.8 Å². The molecule has 0 spiro atoms. The number of phenolic OH excluding ortho intramolecular Hbond substituents is 1. The van der Waals surface area contributed by atoms with Crippen LogP contribution in [0.15, 0.2) is 65.6 Å². The molecule has 0 atom stereocenters. The molecular formula is C29H34ClN3O3S. The van der Waals surface area contributed by atoms with E-state index in [1.54, 1.807) is 6.07 Å². The maximum atomic E-state index is 13.3. The van der Waals surface area contributed by atoms with Crippen molar-refractivity contribution in [2.75, 3.05) is 0 Å². The Kier molecular flexibility index (Phi) is 7.41. The zero-order valence-electron chi connectivity index (χ0n) is 22.0. The van der Waals surface area contributed by atoms with Crippen molar-refractivity contribution in [3.8, 4) is 11.4 Å². The molecule has 0 radical (unpaired) electrons. The highest BCUT2D eigenvalue weighted by Crippen LogP contribution is 2.49. The van der Waals surface area contributed by atoms with Crippen LogP contribution in [0.4, 0.5) is 0 Å². The van der Waals surface area contributed by atoms with Gasteiger partial charge >= 0.3 is 0 Å². The third kappa shape index (κ3) is 5.25. The summed E-state index contributed by atoms with van der Waals surface area (Å²) in [6.45, 7) is 9.98. The van der Waals surface area contributed by atoms with Crippen molar-refractivity contribution < 1.29 is 13.5 Å². The van der Waals surface area contributed by atoms with E-state index in [-0.39, 0.29) is 16.2 Å². The molecule has 3 aromatic carbocycles. The molecule has 0 saturated heterocycles. The van der Waals surface area contributed by atoms with E-state index < -0.39 is 19.9 Å². The minimum atomic E-state index is -4.25. The van der Waals surface area contributed by atoms with Gasteiger partial charge in [-0.3, -0.25) is 0 Å². The smallest absolute Gasteiger partial charge is 0.262 e. The predicted molar refractivity (Wildman–Crippen MR) is 149 cm³/mol. The molecule has 0 bridgehead atoms. The van der Waals surface area contributed by atoms with Crippen molar-refractivity contribution in [2.45, 2.75) is 76.0 Å². The van der Waals surface area contributed by atoms with Crippen LogP contribution in [0.1, 0.15) is 77.0 Å². The largest absolute Gasteiger partial charge is 0.505 e. The van der Waals surface area contributed by atoms with Crippen molar-refractivity contribution in [2.24, 2.45) is 0 Å². The SMILES string of the molecule is CCCCCC(C)(C)c1cc(-n2nc3ccccc3n2)c(O)c(C(C)(C)c2ccccc2)c1S(=O)(=O)Cl. The summed E-state index contributed by atoms with van der Waals surface area (Å²) < 4.78 is 26.6. The first kappa shape index (κ1) is 27.1. The number of phenols is 1. The van der Waals surface area contributed by atoms with Gasteiger partial charge in [-0.05, 0) is 41.2 Å². The molecule has 0 aliphatic rings. The Hall–Kier alpha value is -2.90. The fraction of sp³-hybridized carbons (Fsp3) is 0.379. The van der Waals surface area contributed by atoms with E-state index in [2.05, 4.69) is 17.1 Å². The fourth-order valence-corrected chi connectivity index (χ4v) is 6.72. The zero-order valence-corrected chi connectivity index (χ0v) is 23.6. The summed E-state index contributed by atoms with van der Waals surface area (Å²) in [4.78, 5) is 1.35. The lowest BCUT2D eigenvalue weighted by Gasteiger charge is -2.34. The molecular weight excluding hydrogens is 506 g/mol. The molecule has 1 heterocycles. The van der Waals surface area contributed by atoms with Crippen LogP contribution in [0, 0.1) is 0 Å². The summed E-state index contributed by atoms with van der Waals surface area (Å²) in [5.74, 6) is -0.207. The van der Waals surface area contributed by atoms with Crippen LogP contribution >= 0.6 is 10.7 Å². The molecule has 0 aliphatic carbocycles. The third-order valence-electron chi connectivity index (χ3n) is 7.23. The van der Waals surface area contributed by atoms with Crippen LogP contribution in [0.3, 0.4) is 0 Å². The lowest BCUT2D eigenvalue weighted by Crippen LogP contribution is -2.28. The van der Waals surface area contributed by atoms with Gasteiger partial charge in [0.1, 0.15) is 22.5 Å². The van der Waals surface area contributed by atoms with Crippen LogP contribution in [-0.4, -0.2) is 28.5 Å². The molecule has 0 aliphatic heterocycles. The van der Waals surface area contributed by atoms with Crippen LogP contribution in [0.25, 0.3) is 16.7 Å². The fourth-order valence-electron chi connectivity index (χ4n) is 5.05. The Morgan fingerprint density at radius 3 is 2.03 bits per heavy atom. The maximum absolute atomic E-state index is 13.3. The number of unbranched alkanes of at least 4 members (excludes halogenated alkanes) is 2. The Bertz CT molecular complexity index is 1490. The molecule has 196 valence electrons. The average molecular weight is 540 g/mol. The summed E-state index contributed by atoms with van der Waals surface area (Å²) >= 11 is 0. The van der Waals surface area contributed by atoms with E-state index in [9.17, 15) is 13.5 Å². The van der Waals surface area contributed by atoms with Gasteiger partial charge in [-0.1, -0.05) is 96.3 Å². The second-order valence-corrected chi connectivity index (χ2v) is 13.2. The predicted octanol–water partition coefficient (Wildman–Crippen LogP) is 7.24. The van der Waals surface area contributed by atoms with Gasteiger partial charge in [0.2, 0.25) is 0 Å². The highest BCUT2D eigenvalue weighted by Gasteiger charge is 2.40. The first-order valence-corrected chi connectivity index (χ1v) is 14.9. The van der Waals surface area contributed by atoms with Crippen LogP contribution in [0.5, 0.6) is 5.75 Å². The molecule has 0 amide bonds. The number of aromatic hydroxyl groups is 1. The topological polar surface area (TPSA) is 85.1 Å². The van der Waals surface area contributed by atoms with Crippen molar-refractivity contribution in [3.63, 3.8) is 0 Å². The number of halogens is 1. The van der Waals surface area contributed by atoms with Gasteiger partial charge in [-0.25, -0.2) is 8.42 Å². The monoisotopic (exact) mass is 539 g/mol. The van der Waals surface area contributed by atoms with Crippen LogP contribution in [0.2, 0.25) is 0 Å². The molecule has 0 fully saturated rings. The Morgan fingerprint density at radius 1 is 0.919 bits per heavy atom. The van der Waals surface area contributed by atoms with Crippen molar-refractivity contribution in [1.82, 2.24) is 15.0 Å². The zero-order chi connectivity index (χ0) is 27.0. The van der Waals surface area contributed by atoms with Crippen LogP contribution < -0.4 is 0 Å². The maximum Gasteiger partial charge on any atom is 0.262 e. The summed E-state index contributed by atoms with van der Waals surface area (Å²) in [6.07, 6.45) is 3.77. The highest BCUT2D eigenvalue weighted by atomic mass is 35.7. The second kappa shape index (κ2) is 10.1. The minimum Gasteiger partial charge on any atom is -0.505 e. The molecule has 1 aromatic heterocycles. The molecule has 4 aromatic rings. The molecule has 6 nitrogen and oxygen atoms in total. The molecule has 4 rings (SSSR count). The van der Waals surface area contributed by atoms with Gasteiger partial charge in [0.15, 0.2) is 0 Å². The lowest BCUT2D eigenvalue weighted by atomic mass is 9.73. The van der Waals surface area contributed by atoms with Crippen molar-refractivity contribution in [3.05, 3.63) is 77.4 Å². The Balaban J connectivity index is 2.11. The molecule has 37 heavy (non-hydrogen) atoms. The normalized spacial score (nSPS) is 12.8. The number of benzene rings is 3. The van der Waals surface area contributed by atoms with Gasteiger partial charge in [0, 0.05) is 21.7 Å². The molecule has 0 unspecified atom stereocenters. The van der Waals surface area contributed by atoms with E-state index in [1.807, 2.05) is 82.3 Å². The van der Waals surface area contributed by atoms with E-state index in [0.717, 1.165) is 31.2 Å². The number of fused-ring (bicyclic) bond motifs is 1. The number of hydrogen-bond acceptors (Lipinski definition) is 5. The summed E-state index contributed by atoms with van der Waals surface area (Å²) in [6, 6.07) is 18.7. The Morgan fingerprint density at radius 2 is 1.49 bits per heavy atom. The van der Waals surface area contributed by atoms with E-state index in [4.69, 9.17) is 10.7 Å². The number of rotatable bonds is 9. The van der Waals surface area contributed by atoms with Gasteiger partial charge in [-0.2, -0.15) is 0 Å². The van der Waals surface area contributed by atoms with Gasteiger partial charge in [0.25, 0.3) is 9.05 Å². The average Bonchev–Trinajstić information content (AvgIpc) is 3.27. The van der Waals surface area contributed by atoms with Gasteiger partial charge < -0.3 is 5.11 Å². The lowest BCUT2D eigenvalue weighted by molar-refractivity contribution is 0.420. The number of hydrogen-bond donors (Lipinski definition) is 1. The first-order valence-electron chi connectivity index (χ1n) is 12.6. The summed E-state index contributed by atoms with van der Waals surface area (Å²) in [7, 11) is 1.93. The molecule has 0 saturated carbocycles. The Labute approximate surface area is 223 Å². The standard InChI is InChI=1S/C29H34ClN3O3S/c1-6-7-13-18-28(2,3)21-19-24(33-31-22-16-11-12-17-23(22)32-33)26(34)25(27(21)37(30,35)36)29(4,5)20-14-9-8-10-15-20/h8-12,14-17,19,34H,6-7,13,18H2,1-5H3. The highest BCUT2D eigenvalue weighted by molar-refractivity contribution is 8.13. The summed E-state index contributed by atoms with van der Waals surface area (Å²) in [5, 5.41) is 21.0. The van der Waals surface area contributed by atoms with Gasteiger partial charge in [-0.15, -0.1) is 15.0 Å². The first-order chi connectivity index (χ1) is 17.4. The molecule has 1 N–H and O–H groups in total. The molecule has 8 heteroatoms. The van der Waals surface area contributed by atoms with E-state index in [0.29, 0.717) is 22.3 Å². The quantitative estimate of drug-likeness (QED) is 0.179. The number of nitrogens with zero attached hydrogens (tertiary/aromatic N) is 3. The van der Waals surface area contributed by atoms with Crippen LogP contribution in [-0.2, 0) is 19.9 Å². The van der Waals surface area contributed by atoms with Gasteiger partial charge in [0.05, 0.1) is 4.90 Å². The third-order valence-corrected chi connectivity index (χ3v) is 8.61. The second-order valence-electron chi connectivity index (χ2n) is 10.7. The number of aromatic nitrogens is 3. The van der Waals surface area contributed by atoms with Crippen molar-refractivity contribution in [1.29, 1.82) is 0 Å². The van der Waals surface area contributed by atoms with E-state index >= 15 is 0 Å². The summed E-state index contributed by atoms with van der Waals surface area (Å²) in [5.41, 5.74) is 1.84. The van der Waals surface area contributed by atoms with E-state index in [1.165, 1.54) is 4.80 Å². The minimum absolute atomic E-state index is 0.0394.